The number of piperazine rings is 1. The van der Waals surface area contributed by atoms with Crippen molar-refractivity contribution in [3.63, 3.8) is 0 Å². The lowest BCUT2D eigenvalue weighted by Gasteiger charge is -2.36. The van der Waals surface area contributed by atoms with E-state index in [1.165, 1.54) is 11.9 Å². The summed E-state index contributed by atoms with van der Waals surface area (Å²) in [4.78, 5) is 4.92. The minimum absolute atomic E-state index is 0.679. The second-order valence-corrected chi connectivity index (χ2v) is 7.60. The number of hydrogen-bond donors (Lipinski definition) is 1. The molecule has 1 aliphatic rings. The molecule has 1 aliphatic heterocycles. The van der Waals surface area contributed by atoms with Gasteiger partial charge < -0.3 is 19.6 Å². The average molecular weight is 424 g/mol. The van der Waals surface area contributed by atoms with Gasteiger partial charge >= 0.3 is 0 Å². The fraction of sp³-hybridized carbons (Fsp3) is 0.391. The molecule has 0 spiro atoms. The molecule has 1 fully saturated rings. The lowest BCUT2D eigenvalue weighted by atomic mass is 10.2. The summed E-state index contributed by atoms with van der Waals surface area (Å²) < 4.78 is 13.1. The maximum absolute atomic E-state index is 8.70. The molecule has 1 aromatic carbocycles. The fourth-order valence-corrected chi connectivity index (χ4v) is 3.96. The van der Waals surface area contributed by atoms with E-state index in [-0.39, 0.29) is 0 Å². The van der Waals surface area contributed by atoms with Crippen molar-refractivity contribution in [1.29, 1.82) is 0 Å². The molecule has 0 saturated carbocycles. The Morgan fingerprint density at radius 3 is 2.74 bits per heavy atom. The van der Waals surface area contributed by atoms with Crippen LogP contribution in [0, 0.1) is 0 Å². The van der Waals surface area contributed by atoms with E-state index in [2.05, 4.69) is 32.2 Å². The van der Waals surface area contributed by atoms with Crippen LogP contribution in [0.15, 0.2) is 53.9 Å². The van der Waals surface area contributed by atoms with Crippen LogP contribution in [-0.2, 0) is 0 Å². The first kappa shape index (κ1) is 21.0. The van der Waals surface area contributed by atoms with E-state index in [0.717, 1.165) is 68.1 Å². The number of pyridine rings is 1. The van der Waals surface area contributed by atoms with Gasteiger partial charge in [-0.1, -0.05) is 17.3 Å². The van der Waals surface area contributed by atoms with Gasteiger partial charge in [-0.3, -0.25) is 4.90 Å². The molecule has 164 valence electrons. The Labute approximate surface area is 182 Å². The third kappa shape index (κ3) is 5.08. The van der Waals surface area contributed by atoms with Crippen LogP contribution in [0.4, 0.5) is 5.69 Å². The van der Waals surface area contributed by atoms with Crippen molar-refractivity contribution in [3.05, 3.63) is 54.4 Å². The first-order valence-electron chi connectivity index (χ1n) is 10.7. The maximum atomic E-state index is 8.70. The molecule has 8 heteroatoms. The molecule has 0 amide bonds. The van der Waals surface area contributed by atoms with Crippen molar-refractivity contribution in [2.24, 2.45) is 5.16 Å². The molecule has 0 bridgehead atoms. The number of para-hydroxylation sites is 2. The van der Waals surface area contributed by atoms with E-state index in [9.17, 15) is 0 Å². The van der Waals surface area contributed by atoms with Crippen LogP contribution in [0.5, 0.6) is 11.5 Å². The van der Waals surface area contributed by atoms with Crippen LogP contribution in [0.3, 0.4) is 0 Å². The fourth-order valence-electron chi connectivity index (χ4n) is 3.96. The number of oxime groups is 1. The van der Waals surface area contributed by atoms with Crippen LogP contribution < -0.4 is 14.4 Å². The maximum Gasteiger partial charge on any atom is 0.142 e. The van der Waals surface area contributed by atoms with Crippen LogP contribution in [0.2, 0.25) is 0 Å². The summed E-state index contributed by atoms with van der Waals surface area (Å²) in [7, 11) is 1.73. The standard InChI is InChI=1S/C23H29N5O3/c1-30-23-7-3-2-6-22(23)27-13-11-26(12-14-27)10-4-5-15-31-20-8-9-21-19(17-25-29)16-24-28(21)18-20/h2-3,6-9,16-18,29H,4-5,10-15H2,1H3. The van der Waals surface area contributed by atoms with Gasteiger partial charge in [-0.2, -0.15) is 5.10 Å². The van der Waals surface area contributed by atoms with Gasteiger partial charge in [-0.15, -0.1) is 0 Å². The Kier molecular flexibility index (Phi) is 6.89. The van der Waals surface area contributed by atoms with Gasteiger partial charge in [0.25, 0.3) is 0 Å². The van der Waals surface area contributed by atoms with Crippen molar-refractivity contribution < 1.29 is 14.7 Å². The number of nitrogens with zero attached hydrogens (tertiary/aromatic N) is 5. The number of methoxy groups -OCH3 is 1. The molecule has 1 saturated heterocycles. The van der Waals surface area contributed by atoms with Gasteiger partial charge in [0, 0.05) is 31.7 Å². The van der Waals surface area contributed by atoms with E-state index < -0.39 is 0 Å². The summed E-state index contributed by atoms with van der Waals surface area (Å²) >= 11 is 0. The molecule has 3 aromatic rings. The quantitative estimate of drug-likeness (QED) is 0.247. The molecule has 0 aliphatic carbocycles. The Hall–Kier alpha value is -3.26. The third-order valence-corrected chi connectivity index (χ3v) is 5.65. The number of anilines is 1. The number of benzene rings is 1. The van der Waals surface area contributed by atoms with Gasteiger partial charge in [0.2, 0.25) is 0 Å². The Bertz CT molecular complexity index is 1010. The number of fused-ring (bicyclic) bond motifs is 1. The van der Waals surface area contributed by atoms with E-state index in [4.69, 9.17) is 14.7 Å². The molecule has 8 nitrogen and oxygen atoms in total. The Morgan fingerprint density at radius 1 is 1.10 bits per heavy atom. The second-order valence-electron chi connectivity index (χ2n) is 7.60. The monoisotopic (exact) mass is 423 g/mol. The Balaban J connectivity index is 1.17. The van der Waals surface area contributed by atoms with E-state index >= 15 is 0 Å². The zero-order chi connectivity index (χ0) is 21.5. The summed E-state index contributed by atoms with van der Waals surface area (Å²) in [6.45, 7) is 5.93. The molecular weight excluding hydrogens is 394 g/mol. The number of unbranched alkanes of at least 4 members (excludes halogenated alkanes) is 1. The molecule has 0 atom stereocenters. The van der Waals surface area contributed by atoms with Crippen LogP contribution >= 0.6 is 0 Å². The molecule has 3 heterocycles. The van der Waals surface area contributed by atoms with Gasteiger partial charge in [-0.25, -0.2) is 4.52 Å². The van der Waals surface area contributed by atoms with Crippen molar-refractivity contribution in [3.8, 4) is 11.5 Å². The lowest BCUT2D eigenvalue weighted by molar-refractivity contribution is 0.238. The van der Waals surface area contributed by atoms with Crippen molar-refractivity contribution >= 4 is 17.4 Å². The third-order valence-electron chi connectivity index (χ3n) is 5.65. The van der Waals surface area contributed by atoms with Crippen LogP contribution in [0.1, 0.15) is 18.4 Å². The van der Waals surface area contributed by atoms with E-state index in [0.29, 0.717) is 6.61 Å². The van der Waals surface area contributed by atoms with Crippen molar-refractivity contribution in [1.82, 2.24) is 14.5 Å². The number of ether oxygens (including phenoxy) is 2. The smallest absolute Gasteiger partial charge is 0.142 e. The summed E-state index contributed by atoms with van der Waals surface area (Å²) in [6.07, 6.45) is 6.99. The Morgan fingerprint density at radius 2 is 1.94 bits per heavy atom. The van der Waals surface area contributed by atoms with E-state index in [1.54, 1.807) is 17.8 Å². The highest BCUT2D eigenvalue weighted by atomic mass is 16.5. The highest BCUT2D eigenvalue weighted by molar-refractivity contribution is 5.88. The molecule has 4 rings (SSSR count). The molecule has 1 N–H and O–H groups in total. The summed E-state index contributed by atoms with van der Waals surface area (Å²) in [5.41, 5.74) is 2.82. The SMILES string of the molecule is COc1ccccc1N1CCN(CCCCOc2ccc3c(C=NO)cnn3c2)CC1. The normalized spacial score (nSPS) is 15.1. The van der Waals surface area contributed by atoms with Gasteiger partial charge in [0.05, 0.1) is 43.5 Å². The second kappa shape index (κ2) is 10.2. The molecule has 0 radical (unpaired) electrons. The lowest BCUT2D eigenvalue weighted by Crippen LogP contribution is -2.46. The molecule has 31 heavy (non-hydrogen) atoms. The minimum Gasteiger partial charge on any atom is -0.495 e. The molecule has 0 unspecified atom stereocenters. The largest absolute Gasteiger partial charge is 0.495 e. The summed E-state index contributed by atoms with van der Waals surface area (Å²) in [5, 5.41) is 16.0. The summed E-state index contributed by atoms with van der Waals surface area (Å²) in [6, 6.07) is 12.1. The minimum atomic E-state index is 0.679. The van der Waals surface area contributed by atoms with Gasteiger partial charge in [-0.05, 0) is 43.7 Å². The predicted molar refractivity (Wildman–Crippen MR) is 121 cm³/mol. The predicted octanol–water partition coefficient (Wildman–Crippen LogP) is 3.13. The van der Waals surface area contributed by atoms with Crippen LogP contribution in [-0.4, -0.2) is 72.4 Å². The number of hydrogen-bond acceptors (Lipinski definition) is 7. The van der Waals surface area contributed by atoms with Crippen molar-refractivity contribution in [2.45, 2.75) is 12.8 Å². The molecular formula is C23H29N5O3. The van der Waals surface area contributed by atoms with E-state index in [1.807, 2.05) is 30.5 Å². The highest BCUT2D eigenvalue weighted by Crippen LogP contribution is 2.28. The van der Waals surface area contributed by atoms with Gasteiger partial charge in [0.1, 0.15) is 11.5 Å². The first-order valence-corrected chi connectivity index (χ1v) is 10.7. The summed E-state index contributed by atoms with van der Waals surface area (Å²) in [5.74, 6) is 1.73. The average Bonchev–Trinajstić information content (AvgIpc) is 3.21. The first-order chi connectivity index (χ1) is 15.3. The highest BCUT2D eigenvalue weighted by Gasteiger charge is 2.19. The zero-order valence-electron chi connectivity index (χ0n) is 17.9. The zero-order valence-corrected chi connectivity index (χ0v) is 17.9. The van der Waals surface area contributed by atoms with Crippen LogP contribution in [0.25, 0.3) is 5.52 Å². The molecule has 2 aromatic heterocycles. The van der Waals surface area contributed by atoms with Crippen molar-refractivity contribution in [2.75, 3.05) is 51.3 Å². The number of aromatic nitrogens is 2. The topological polar surface area (TPSA) is 74.8 Å². The number of rotatable bonds is 9. The van der Waals surface area contributed by atoms with Gasteiger partial charge in [0.15, 0.2) is 0 Å².